The summed E-state index contributed by atoms with van der Waals surface area (Å²) in [5, 5.41) is 8.71. The number of hydrogen-bond acceptors (Lipinski definition) is 4. The fraction of sp³-hybridized carbons (Fsp3) is 0.200. The first kappa shape index (κ1) is 13.7. The quantitative estimate of drug-likeness (QED) is 0.845. The Morgan fingerprint density at radius 1 is 1.35 bits per heavy atom. The summed E-state index contributed by atoms with van der Waals surface area (Å²) in [5.74, 6) is 0.518. The van der Waals surface area contributed by atoms with Gasteiger partial charge in [0.05, 0.1) is 25.3 Å². The molecule has 2 rings (SSSR count). The van der Waals surface area contributed by atoms with Crippen molar-refractivity contribution in [3.05, 3.63) is 54.0 Å². The number of nitrogens with zero attached hydrogens (tertiary/aromatic N) is 2. The van der Waals surface area contributed by atoms with Crippen molar-refractivity contribution in [2.45, 2.75) is 13.0 Å². The van der Waals surface area contributed by atoms with Crippen LogP contribution in [-0.4, -0.2) is 17.4 Å². The Morgan fingerprint density at radius 3 is 2.85 bits per heavy atom. The molecular weight excluding hydrogens is 254 g/mol. The molecule has 0 bridgehead atoms. The summed E-state index contributed by atoms with van der Waals surface area (Å²) in [6, 6.07) is 12.4. The lowest BCUT2D eigenvalue weighted by molar-refractivity contribution is 0.0735. The molecule has 0 aliphatic heterocycles. The van der Waals surface area contributed by atoms with E-state index in [1.165, 1.54) is 0 Å². The van der Waals surface area contributed by atoms with Crippen LogP contribution in [0.5, 0.6) is 0 Å². The van der Waals surface area contributed by atoms with E-state index in [-0.39, 0.29) is 12.3 Å². The van der Waals surface area contributed by atoms with Crippen LogP contribution in [0.2, 0.25) is 0 Å². The fourth-order valence-corrected chi connectivity index (χ4v) is 1.88. The molecule has 0 aliphatic carbocycles. The van der Waals surface area contributed by atoms with Crippen molar-refractivity contribution >= 4 is 11.6 Å². The summed E-state index contributed by atoms with van der Waals surface area (Å²) in [6.45, 7) is 0.688. The third kappa shape index (κ3) is 3.39. The SMILES string of the molecule is N#CCCN(Cc1ccco1)C(=O)c1cccc(N)c1. The Balaban J connectivity index is 2.17. The van der Waals surface area contributed by atoms with Crippen LogP contribution in [0.4, 0.5) is 5.69 Å². The van der Waals surface area contributed by atoms with E-state index in [4.69, 9.17) is 15.4 Å². The molecule has 0 fully saturated rings. The van der Waals surface area contributed by atoms with Crippen molar-refractivity contribution in [3.63, 3.8) is 0 Å². The number of rotatable bonds is 5. The first-order chi connectivity index (χ1) is 9.70. The molecule has 0 radical (unpaired) electrons. The molecule has 2 aromatic rings. The van der Waals surface area contributed by atoms with E-state index in [1.807, 2.05) is 6.07 Å². The molecule has 2 N–H and O–H groups in total. The van der Waals surface area contributed by atoms with Gasteiger partial charge in [-0.15, -0.1) is 0 Å². The van der Waals surface area contributed by atoms with Gasteiger partial charge >= 0.3 is 0 Å². The number of furan rings is 1. The zero-order valence-corrected chi connectivity index (χ0v) is 11.0. The Bertz CT molecular complexity index is 614. The molecule has 0 spiro atoms. The molecule has 5 heteroatoms. The van der Waals surface area contributed by atoms with Crippen molar-refractivity contribution in [2.75, 3.05) is 12.3 Å². The number of nitrogens with two attached hydrogens (primary N) is 1. The molecule has 102 valence electrons. The Kier molecular flexibility index (Phi) is 4.40. The Labute approximate surface area is 117 Å². The molecule has 0 unspecified atom stereocenters. The van der Waals surface area contributed by atoms with Gasteiger partial charge in [0.25, 0.3) is 5.91 Å². The number of amides is 1. The van der Waals surface area contributed by atoms with Gasteiger partial charge in [0, 0.05) is 17.8 Å². The van der Waals surface area contributed by atoms with E-state index in [9.17, 15) is 4.79 Å². The van der Waals surface area contributed by atoms with Gasteiger partial charge in [0.15, 0.2) is 0 Å². The molecule has 1 aromatic carbocycles. The highest BCUT2D eigenvalue weighted by atomic mass is 16.3. The molecule has 0 aliphatic rings. The largest absolute Gasteiger partial charge is 0.467 e. The summed E-state index contributed by atoms with van der Waals surface area (Å²) in [4.78, 5) is 14.0. The van der Waals surface area contributed by atoms with Gasteiger partial charge in [-0.3, -0.25) is 4.79 Å². The van der Waals surface area contributed by atoms with Crippen molar-refractivity contribution in [2.24, 2.45) is 0 Å². The summed E-state index contributed by atoms with van der Waals surface area (Å²) >= 11 is 0. The summed E-state index contributed by atoms with van der Waals surface area (Å²) in [5.41, 5.74) is 6.74. The van der Waals surface area contributed by atoms with Gasteiger partial charge in [0.2, 0.25) is 0 Å². The van der Waals surface area contributed by atoms with Crippen LogP contribution in [0.15, 0.2) is 47.1 Å². The van der Waals surface area contributed by atoms with Gasteiger partial charge in [-0.05, 0) is 30.3 Å². The zero-order chi connectivity index (χ0) is 14.4. The predicted molar refractivity (Wildman–Crippen MR) is 74.5 cm³/mol. The van der Waals surface area contributed by atoms with Crippen molar-refractivity contribution in [1.29, 1.82) is 5.26 Å². The van der Waals surface area contributed by atoms with Crippen LogP contribution in [0.3, 0.4) is 0 Å². The Morgan fingerprint density at radius 2 is 2.20 bits per heavy atom. The molecule has 1 amide bonds. The molecule has 0 saturated heterocycles. The van der Waals surface area contributed by atoms with Crippen LogP contribution in [0, 0.1) is 11.3 Å². The van der Waals surface area contributed by atoms with Gasteiger partial charge in [-0.1, -0.05) is 6.07 Å². The molecule has 0 saturated carbocycles. The molecule has 20 heavy (non-hydrogen) atoms. The average molecular weight is 269 g/mol. The maximum atomic E-state index is 12.4. The third-order valence-electron chi connectivity index (χ3n) is 2.84. The van der Waals surface area contributed by atoms with Crippen molar-refractivity contribution in [1.82, 2.24) is 4.90 Å². The van der Waals surface area contributed by atoms with Crippen molar-refractivity contribution in [3.8, 4) is 6.07 Å². The lowest BCUT2D eigenvalue weighted by Gasteiger charge is -2.20. The van der Waals surface area contributed by atoms with Crippen molar-refractivity contribution < 1.29 is 9.21 Å². The van der Waals surface area contributed by atoms with Crippen LogP contribution in [0.25, 0.3) is 0 Å². The minimum atomic E-state index is -0.163. The monoisotopic (exact) mass is 269 g/mol. The van der Waals surface area contributed by atoms with Crippen LogP contribution in [0.1, 0.15) is 22.5 Å². The van der Waals surface area contributed by atoms with E-state index in [0.29, 0.717) is 30.1 Å². The topological polar surface area (TPSA) is 83.3 Å². The minimum absolute atomic E-state index is 0.163. The van der Waals surface area contributed by atoms with Gasteiger partial charge in [-0.25, -0.2) is 0 Å². The normalized spacial score (nSPS) is 9.95. The van der Waals surface area contributed by atoms with E-state index >= 15 is 0 Å². The number of hydrogen-bond donors (Lipinski definition) is 1. The smallest absolute Gasteiger partial charge is 0.254 e. The molecular formula is C15H15N3O2. The number of nitriles is 1. The number of benzene rings is 1. The van der Waals surface area contributed by atoms with Crippen LogP contribution >= 0.6 is 0 Å². The Hall–Kier alpha value is -2.74. The first-order valence-electron chi connectivity index (χ1n) is 6.25. The zero-order valence-electron chi connectivity index (χ0n) is 11.0. The molecule has 5 nitrogen and oxygen atoms in total. The lowest BCUT2D eigenvalue weighted by atomic mass is 10.1. The number of carbonyl (C=O) groups excluding carboxylic acids is 1. The molecule has 1 heterocycles. The highest BCUT2D eigenvalue weighted by molar-refractivity contribution is 5.95. The summed E-state index contributed by atoms with van der Waals surface area (Å²) < 4.78 is 5.25. The van der Waals surface area contributed by atoms with E-state index < -0.39 is 0 Å². The summed E-state index contributed by atoms with van der Waals surface area (Å²) in [6.07, 6.45) is 1.83. The second kappa shape index (κ2) is 6.43. The predicted octanol–water partition coefficient (Wildman–Crippen LogP) is 2.42. The maximum Gasteiger partial charge on any atom is 0.254 e. The third-order valence-corrected chi connectivity index (χ3v) is 2.84. The van der Waals surface area contributed by atoms with Gasteiger partial charge in [-0.2, -0.15) is 5.26 Å². The minimum Gasteiger partial charge on any atom is -0.467 e. The standard InChI is InChI=1S/C15H15N3O2/c16-7-3-8-18(11-14-6-2-9-20-14)15(19)12-4-1-5-13(17)10-12/h1-2,4-6,9-10H,3,8,11,17H2. The van der Waals surface area contributed by atoms with Crippen LogP contribution < -0.4 is 5.73 Å². The lowest BCUT2D eigenvalue weighted by Crippen LogP contribution is -2.31. The number of carbonyl (C=O) groups is 1. The molecule has 0 atom stereocenters. The second-order valence-electron chi connectivity index (χ2n) is 4.34. The van der Waals surface area contributed by atoms with E-state index in [1.54, 1.807) is 47.6 Å². The fourth-order valence-electron chi connectivity index (χ4n) is 1.88. The highest BCUT2D eigenvalue weighted by Crippen LogP contribution is 2.13. The number of anilines is 1. The first-order valence-corrected chi connectivity index (χ1v) is 6.25. The maximum absolute atomic E-state index is 12.4. The summed E-state index contributed by atoms with van der Waals surface area (Å²) in [7, 11) is 0. The number of nitrogen functional groups attached to an aromatic ring is 1. The highest BCUT2D eigenvalue weighted by Gasteiger charge is 2.17. The van der Waals surface area contributed by atoms with E-state index in [2.05, 4.69) is 0 Å². The van der Waals surface area contributed by atoms with Gasteiger partial charge < -0.3 is 15.1 Å². The van der Waals surface area contributed by atoms with Gasteiger partial charge in [0.1, 0.15) is 5.76 Å². The second-order valence-corrected chi connectivity index (χ2v) is 4.34. The van der Waals surface area contributed by atoms with Crippen LogP contribution in [-0.2, 0) is 6.54 Å². The molecule has 1 aromatic heterocycles. The van der Waals surface area contributed by atoms with E-state index in [0.717, 1.165) is 0 Å². The average Bonchev–Trinajstić information content (AvgIpc) is 2.95.